The summed E-state index contributed by atoms with van der Waals surface area (Å²) in [5.74, 6) is -0.0967. The van der Waals surface area contributed by atoms with Crippen LogP contribution in [0.15, 0.2) is 62.4 Å². The van der Waals surface area contributed by atoms with E-state index in [2.05, 4.69) is 5.32 Å². The molecule has 23 heavy (non-hydrogen) atoms. The minimum Gasteiger partial charge on any atom is -0.467 e. The molecule has 6 heteroatoms. The average molecular weight is 313 g/mol. The highest BCUT2D eigenvalue weighted by Gasteiger charge is 2.15. The van der Waals surface area contributed by atoms with Gasteiger partial charge < -0.3 is 19.3 Å². The van der Waals surface area contributed by atoms with Crippen LogP contribution in [-0.2, 0) is 0 Å². The first-order valence-corrected chi connectivity index (χ1v) is 7.18. The van der Waals surface area contributed by atoms with E-state index in [1.165, 1.54) is 12.3 Å². The van der Waals surface area contributed by atoms with E-state index in [1.54, 1.807) is 36.4 Å². The molecule has 0 radical (unpaired) electrons. The lowest BCUT2D eigenvalue weighted by atomic mass is 10.1. The van der Waals surface area contributed by atoms with Crippen LogP contribution < -0.4 is 10.9 Å². The summed E-state index contributed by atoms with van der Waals surface area (Å²) in [7, 11) is 0. The normalized spacial score (nSPS) is 12.2. The van der Waals surface area contributed by atoms with Gasteiger partial charge in [0, 0.05) is 11.9 Å². The van der Waals surface area contributed by atoms with E-state index >= 15 is 0 Å². The van der Waals surface area contributed by atoms with E-state index in [0.29, 0.717) is 16.7 Å². The molecule has 118 valence electrons. The predicted octanol–water partition coefficient (Wildman–Crippen LogP) is 2.24. The highest BCUT2D eigenvalue weighted by atomic mass is 16.4. The van der Waals surface area contributed by atoms with Crippen LogP contribution in [0.2, 0.25) is 0 Å². The van der Waals surface area contributed by atoms with Crippen molar-refractivity contribution in [3.63, 3.8) is 0 Å². The number of fused-ring (bicyclic) bond motifs is 1. The smallest absolute Gasteiger partial charge is 0.349 e. The fourth-order valence-electron chi connectivity index (χ4n) is 2.26. The van der Waals surface area contributed by atoms with Crippen molar-refractivity contribution in [1.29, 1.82) is 0 Å². The van der Waals surface area contributed by atoms with Crippen LogP contribution in [0.1, 0.15) is 28.6 Å². The Kier molecular flexibility index (Phi) is 4.25. The Hall–Kier alpha value is -2.86. The lowest BCUT2D eigenvalue weighted by Gasteiger charge is -2.09. The number of benzene rings is 1. The molecule has 0 saturated carbocycles. The van der Waals surface area contributed by atoms with Crippen molar-refractivity contribution in [1.82, 2.24) is 5.32 Å². The lowest BCUT2D eigenvalue weighted by Crippen LogP contribution is -2.29. The first-order valence-electron chi connectivity index (χ1n) is 7.18. The van der Waals surface area contributed by atoms with Gasteiger partial charge in [-0.25, -0.2) is 4.79 Å². The van der Waals surface area contributed by atoms with Crippen molar-refractivity contribution in [2.45, 2.75) is 12.5 Å². The van der Waals surface area contributed by atoms with E-state index in [1.807, 2.05) is 0 Å². The maximum atomic E-state index is 12.1. The zero-order valence-corrected chi connectivity index (χ0v) is 12.2. The second kappa shape index (κ2) is 6.50. The fraction of sp³-hybridized carbons (Fsp3) is 0.176. The summed E-state index contributed by atoms with van der Waals surface area (Å²) in [6, 6.07) is 11.8. The van der Waals surface area contributed by atoms with Gasteiger partial charge in [0.1, 0.15) is 23.0 Å². The molecular weight excluding hydrogens is 298 g/mol. The number of aliphatic hydroxyl groups excluding tert-OH is 1. The van der Waals surface area contributed by atoms with Gasteiger partial charge in [-0.15, -0.1) is 0 Å². The standard InChI is InChI=1S/C17H15NO5/c19-13(15-6-3-9-22-15)7-8-18-16(20)12-10-11-4-1-2-5-14(11)23-17(12)21/h1-6,9-10,13,19H,7-8H2,(H,18,20). The molecule has 6 nitrogen and oxygen atoms in total. The van der Waals surface area contributed by atoms with E-state index in [4.69, 9.17) is 8.83 Å². The van der Waals surface area contributed by atoms with Crippen molar-refractivity contribution in [2.75, 3.05) is 6.54 Å². The summed E-state index contributed by atoms with van der Waals surface area (Å²) in [5, 5.41) is 13.1. The Morgan fingerprint density at radius 3 is 2.83 bits per heavy atom. The van der Waals surface area contributed by atoms with Gasteiger partial charge in [-0.3, -0.25) is 4.79 Å². The van der Waals surface area contributed by atoms with Crippen molar-refractivity contribution < 1.29 is 18.7 Å². The maximum Gasteiger partial charge on any atom is 0.349 e. The zero-order chi connectivity index (χ0) is 16.2. The predicted molar refractivity (Wildman–Crippen MR) is 83.1 cm³/mol. The Morgan fingerprint density at radius 2 is 2.04 bits per heavy atom. The number of amides is 1. The van der Waals surface area contributed by atoms with E-state index in [9.17, 15) is 14.7 Å². The molecule has 1 unspecified atom stereocenters. The molecule has 0 aliphatic carbocycles. The number of hydrogen-bond acceptors (Lipinski definition) is 5. The van der Waals surface area contributed by atoms with Crippen LogP contribution in [0, 0.1) is 0 Å². The average Bonchev–Trinajstić information content (AvgIpc) is 3.08. The monoisotopic (exact) mass is 313 g/mol. The summed E-state index contributed by atoms with van der Waals surface area (Å²) in [4.78, 5) is 24.0. The number of carbonyl (C=O) groups is 1. The van der Waals surface area contributed by atoms with Gasteiger partial charge in [0.05, 0.1) is 6.26 Å². The maximum absolute atomic E-state index is 12.1. The summed E-state index contributed by atoms with van der Waals surface area (Å²) < 4.78 is 10.2. The third-order valence-corrected chi connectivity index (χ3v) is 3.46. The quantitative estimate of drug-likeness (QED) is 0.705. The molecule has 2 heterocycles. The first kappa shape index (κ1) is 15.1. The van der Waals surface area contributed by atoms with Crippen molar-refractivity contribution in [2.24, 2.45) is 0 Å². The molecule has 1 atom stereocenters. The molecule has 0 bridgehead atoms. The molecule has 1 aromatic carbocycles. The second-order valence-corrected chi connectivity index (χ2v) is 5.06. The first-order chi connectivity index (χ1) is 11.1. The Bertz CT molecular complexity index is 866. The fourth-order valence-corrected chi connectivity index (χ4v) is 2.26. The minimum absolute atomic E-state index is 0.0591. The topological polar surface area (TPSA) is 92.7 Å². The van der Waals surface area contributed by atoms with Crippen molar-refractivity contribution >= 4 is 16.9 Å². The summed E-state index contributed by atoms with van der Waals surface area (Å²) >= 11 is 0. The molecule has 3 rings (SSSR count). The van der Waals surface area contributed by atoms with Crippen LogP contribution in [0.3, 0.4) is 0 Å². The number of carbonyl (C=O) groups excluding carboxylic acids is 1. The van der Waals surface area contributed by atoms with Gasteiger partial charge in [-0.2, -0.15) is 0 Å². The molecular formula is C17H15NO5. The van der Waals surface area contributed by atoms with Crippen molar-refractivity contribution in [3.05, 3.63) is 70.5 Å². The molecule has 0 saturated heterocycles. The molecule has 0 aliphatic heterocycles. The summed E-state index contributed by atoms with van der Waals surface area (Å²) in [6.45, 7) is 0.201. The number of aliphatic hydroxyl groups is 1. The van der Waals surface area contributed by atoms with E-state index in [0.717, 1.165) is 0 Å². The van der Waals surface area contributed by atoms with Gasteiger partial charge in [-0.1, -0.05) is 18.2 Å². The summed E-state index contributed by atoms with van der Waals surface area (Å²) in [6.07, 6.45) is 0.939. The zero-order valence-electron chi connectivity index (χ0n) is 12.2. The molecule has 0 spiro atoms. The molecule has 1 amide bonds. The number of furan rings is 1. The highest BCUT2D eigenvalue weighted by molar-refractivity contribution is 5.96. The SMILES string of the molecule is O=C(NCCC(O)c1ccco1)c1cc2ccccc2oc1=O. The van der Waals surface area contributed by atoms with Crippen LogP contribution in [0.4, 0.5) is 0 Å². The largest absolute Gasteiger partial charge is 0.467 e. The summed E-state index contributed by atoms with van der Waals surface area (Å²) in [5.41, 5.74) is -0.314. The van der Waals surface area contributed by atoms with Gasteiger partial charge in [0.2, 0.25) is 0 Å². The third-order valence-electron chi connectivity index (χ3n) is 3.46. The third kappa shape index (κ3) is 3.32. The van der Waals surface area contributed by atoms with Crippen LogP contribution in [-0.4, -0.2) is 17.6 Å². The second-order valence-electron chi connectivity index (χ2n) is 5.06. The van der Waals surface area contributed by atoms with Crippen LogP contribution >= 0.6 is 0 Å². The highest BCUT2D eigenvalue weighted by Crippen LogP contribution is 2.16. The van der Waals surface area contributed by atoms with Gasteiger partial charge >= 0.3 is 5.63 Å². The minimum atomic E-state index is -0.807. The molecule has 2 aromatic heterocycles. The molecule has 0 fully saturated rings. The van der Waals surface area contributed by atoms with Gasteiger partial charge in [0.15, 0.2) is 0 Å². The Morgan fingerprint density at radius 1 is 1.22 bits per heavy atom. The number of rotatable bonds is 5. The van der Waals surface area contributed by atoms with Gasteiger partial charge in [-0.05, 0) is 30.7 Å². The number of nitrogens with one attached hydrogen (secondary N) is 1. The Balaban J connectivity index is 1.66. The van der Waals surface area contributed by atoms with E-state index < -0.39 is 17.6 Å². The number of para-hydroxylation sites is 1. The van der Waals surface area contributed by atoms with Gasteiger partial charge in [0.25, 0.3) is 5.91 Å². The van der Waals surface area contributed by atoms with E-state index in [-0.39, 0.29) is 18.5 Å². The molecule has 3 aromatic rings. The number of hydrogen-bond donors (Lipinski definition) is 2. The molecule has 0 aliphatic rings. The molecule has 2 N–H and O–H groups in total. The van der Waals surface area contributed by atoms with Crippen LogP contribution in [0.5, 0.6) is 0 Å². The lowest BCUT2D eigenvalue weighted by molar-refractivity contribution is 0.0932. The Labute approximate surface area is 131 Å². The van der Waals surface area contributed by atoms with Crippen LogP contribution in [0.25, 0.3) is 11.0 Å². The van der Waals surface area contributed by atoms with Crippen molar-refractivity contribution in [3.8, 4) is 0 Å².